The second-order valence-corrected chi connectivity index (χ2v) is 6.19. The number of para-hydroxylation sites is 1. The molecule has 0 spiro atoms. The molecule has 0 atom stereocenters. The molecule has 5 heteroatoms. The minimum atomic E-state index is 0.637. The number of nitrogens with zero attached hydrogens (tertiary/aromatic N) is 3. The highest BCUT2D eigenvalue weighted by Gasteiger charge is 2.06. The van der Waals surface area contributed by atoms with Gasteiger partial charge >= 0.3 is 0 Å². The SMILES string of the molecule is Cc1cc(NCCCN(C)C)nc(Nc2c(C)cccc2C)n1. The molecule has 0 saturated heterocycles. The van der Waals surface area contributed by atoms with Gasteiger partial charge < -0.3 is 15.5 Å². The second-order valence-electron chi connectivity index (χ2n) is 6.19. The van der Waals surface area contributed by atoms with Crippen LogP contribution in [0.3, 0.4) is 0 Å². The number of aryl methyl sites for hydroxylation is 3. The summed E-state index contributed by atoms with van der Waals surface area (Å²) in [7, 11) is 4.17. The van der Waals surface area contributed by atoms with Crippen LogP contribution in [-0.4, -0.2) is 42.1 Å². The van der Waals surface area contributed by atoms with Crippen molar-refractivity contribution < 1.29 is 0 Å². The van der Waals surface area contributed by atoms with E-state index in [0.717, 1.165) is 36.7 Å². The first-order valence-corrected chi connectivity index (χ1v) is 8.03. The Morgan fingerprint density at radius 3 is 2.39 bits per heavy atom. The van der Waals surface area contributed by atoms with E-state index in [1.54, 1.807) is 0 Å². The first-order chi connectivity index (χ1) is 11.0. The number of benzene rings is 1. The molecule has 0 amide bonds. The van der Waals surface area contributed by atoms with E-state index in [1.165, 1.54) is 11.1 Å². The Labute approximate surface area is 139 Å². The van der Waals surface area contributed by atoms with Crippen molar-refractivity contribution in [2.45, 2.75) is 27.2 Å². The van der Waals surface area contributed by atoms with Gasteiger partial charge in [-0.15, -0.1) is 0 Å². The standard InChI is InChI=1S/C18H27N5/c1-13-8-6-9-14(2)17(13)22-18-20-15(3)12-16(21-18)19-10-7-11-23(4)5/h6,8-9,12H,7,10-11H2,1-5H3,(H2,19,20,21,22). The van der Waals surface area contributed by atoms with Gasteiger partial charge in [0.2, 0.25) is 5.95 Å². The quantitative estimate of drug-likeness (QED) is 0.766. The maximum absolute atomic E-state index is 4.58. The molecular weight excluding hydrogens is 286 g/mol. The number of hydrogen-bond acceptors (Lipinski definition) is 5. The van der Waals surface area contributed by atoms with Gasteiger partial charge in [0.05, 0.1) is 0 Å². The first kappa shape index (κ1) is 17.2. The molecule has 0 unspecified atom stereocenters. The Balaban J connectivity index is 2.08. The number of nitrogens with one attached hydrogen (secondary N) is 2. The smallest absolute Gasteiger partial charge is 0.229 e. The predicted molar refractivity (Wildman–Crippen MR) is 97.6 cm³/mol. The summed E-state index contributed by atoms with van der Waals surface area (Å²) in [6.45, 7) is 8.13. The van der Waals surface area contributed by atoms with E-state index in [4.69, 9.17) is 0 Å². The van der Waals surface area contributed by atoms with Crippen molar-refractivity contribution in [2.24, 2.45) is 0 Å². The Bertz CT molecular complexity index is 632. The third kappa shape index (κ3) is 5.21. The molecule has 2 rings (SSSR count). The first-order valence-electron chi connectivity index (χ1n) is 8.03. The topological polar surface area (TPSA) is 53.1 Å². The van der Waals surface area contributed by atoms with Gasteiger partial charge in [0, 0.05) is 24.0 Å². The van der Waals surface area contributed by atoms with Crippen LogP contribution in [0.15, 0.2) is 24.3 Å². The van der Waals surface area contributed by atoms with Crippen LogP contribution in [0.5, 0.6) is 0 Å². The minimum Gasteiger partial charge on any atom is -0.370 e. The van der Waals surface area contributed by atoms with Gasteiger partial charge in [0.1, 0.15) is 5.82 Å². The highest BCUT2D eigenvalue weighted by Crippen LogP contribution is 2.23. The van der Waals surface area contributed by atoms with Gasteiger partial charge in [-0.25, -0.2) is 4.98 Å². The van der Waals surface area contributed by atoms with Gasteiger partial charge in [-0.05, 0) is 59.0 Å². The zero-order valence-electron chi connectivity index (χ0n) is 14.8. The molecule has 0 saturated carbocycles. The van der Waals surface area contributed by atoms with E-state index < -0.39 is 0 Å². The van der Waals surface area contributed by atoms with Crippen molar-refractivity contribution in [3.05, 3.63) is 41.1 Å². The fraction of sp³-hybridized carbons (Fsp3) is 0.444. The monoisotopic (exact) mass is 313 g/mol. The highest BCUT2D eigenvalue weighted by molar-refractivity contribution is 5.63. The predicted octanol–water partition coefficient (Wildman–Crippen LogP) is 3.51. The highest BCUT2D eigenvalue weighted by atomic mass is 15.1. The van der Waals surface area contributed by atoms with E-state index in [9.17, 15) is 0 Å². The van der Waals surface area contributed by atoms with E-state index >= 15 is 0 Å². The largest absolute Gasteiger partial charge is 0.370 e. The molecule has 5 nitrogen and oxygen atoms in total. The molecule has 0 radical (unpaired) electrons. The van der Waals surface area contributed by atoms with Crippen molar-refractivity contribution in [1.29, 1.82) is 0 Å². The van der Waals surface area contributed by atoms with Crippen molar-refractivity contribution in [3.63, 3.8) is 0 Å². The minimum absolute atomic E-state index is 0.637. The lowest BCUT2D eigenvalue weighted by molar-refractivity contribution is 0.405. The summed E-state index contributed by atoms with van der Waals surface area (Å²) in [5, 5.41) is 6.74. The zero-order valence-corrected chi connectivity index (χ0v) is 14.8. The molecule has 1 aromatic carbocycles. The molecule has 0 aliphatic rings. The molecule has 0 aliphatic carbocycles. The van der Waals surface area contributed by atoms with Gasteiger partial charge in [-0.1, -0.05) is 18.2 Å². The Kier molecular flexibility index (Phi) is 5.93. The van der Waals surface area contributed by atoms with Gasteiger partial charge in [-0.2, -0.15) is 4.98 Å². The van der Waals surface area contributed by atoms with Gasteiger partial charge in [0.15, 0.2) is 0 Å². The molecule has 1 aromatic heterocycles. The van der Waals surface area contributed by atoms with Crippen molar-refractivity contribution in [3.8, 4) is 0 Å². The van der Waals surface area contributed by atoms with Crippen LogP contribution in [-0.2, 0) is 0 Å². The Morgan fingerprint density at radius 1 is 1.04 bits per heavy atom. The van der Waals surface area contributed by atoms with Gasteiger partial charge in [0.25, 0.3) is 0 Å². The molecule has 0 bridgehead atoms. The van der Waals surface area contributed by atoms with E-state index in [2.05, 4.69) is 71.6 Å². The van der Waals surface area contributed by atoms with Crippen LogP contribution in [0.4, 0.5) is 17.5 Å². The summed E-state index contributed by atoms with van der Waals surface area (Å²) in [6, 6.07) is 8.22. The maximum atomic E-state index is 4.58. The van der Waals surface area contributed by atoms with Crippen LogP contribution in [0.25, 0.3) is 0 Å². The number of hydrogen-bond donors (Lipinski definition) is 2. The Hall–Kier alpha value is -2.14. The lowest BCUT2D eigenvalue weighted by Gasteiger charge is -2.14. The van der Waals surface area contributed by atoms with Gasteiger partial charge in [-0.3, -0.25) is 0 Å². The fourth-order valence-electron chi connectivity index (χ4n) is 2.45. The third-order valence-electron chi connectivity index (χ3n) is 3.66. The molecule has 124 valence electrons. The van der Waals surface area contributed by atoms with Crippen LogP contribution >= 0.6 is 0 Å². The summed E-state index contributed by atoms with van der Waals surface area (Å²) in [6.07, 6.45) is 1.08. The fourth-order valence-corrected chi connectivity index (χ4v) is 2.45. The third-order valence-corrected chi connectivity index (χ3v) is 3.66. The van der Waals surface area contributed by atoms with Crippen molar-refractivity contribution >= 4 is 17.5 Å². The summed E-state index contributed by atoms with van der Waals surface area (Å²) in [4.78, 5) is 11.3. The molecule has 0 fully saturated rings. The number of aromatic nitrogens is 2. The lowest BCUT2D eigenvalue weighted by atomic mass is 10.1. The van der Waals surface area contributed by atoms with E-state index in [-0.39, 0.29) is 0 Å². The van der Waals surface area contributed by atoms with Crippen LogP contribution in [0.2, 0.25) is 0 Å². The van der Waals surface area contributed by atoms with E-state index in [0.29, 0.717) is 5.95 Å². The van der Waals surface area contributed by atoms with Crippen LogP contribution < -0.4 is 10.6 Å². The van der Waals surface area contributed by atoms with Crippen LogP contribution in [0, 0.1) is 20.8 Å². The average molecular weight is 313 g/mol. The second kappa shape index (κ2) is 7.92. The number of rotatable bonds is 7. The summed E-state index contributed by atoms with van der Waals surface area (Å²) < 4.78 is 0. The molecule has 23 heavy (non-hydrogen) atoms. The van der Waals surface area contributed by atoms with Crippen molar-refractivity contribution in [1.82, 2.24) is 14.9 Å². The van der Waals surface area contributed by atoms with Crippen molar-refractivity contribution in [2.75, 3.05) is 37.8 Å². The molecule has 2 N–H and O–H groups in total. The summed E-state index contributed by atoms with van der Waals surface area (Å²) >= 11 is 0. The lowest BCUT2D eigenvalue weighted by Crippen LogP contribution is -2.17. The molecule has 0 aliphatic heterocycles. The van der Waals surface area contributed by atoms with Crippen LogP contribution in [0.1, 0.15) is 23.2 Å². The maximum Gasteiger partial charge on any atom is 0.229 e. The molecule has 2 aromatic rings. The summed E-state index contributed by atoms with van der Waals surface area (Å²) in [5.74, 6) is 1.50. The number of anilines is 3. The van der Waals surface area contributed by atoms with E-state index in [1.807, 2.05) is 13.0 Å². The summed E-state index contributed by atoms with van der Waals surface area (Å²) in [5.41, 5.74) is 4.41. The molecule has 1 heterocycles. The Morgan fingerprint density at radius 2 is 1.74 bits per heavy atom. The normalized spacial score (nSPS) is 10.9. The zero-order chi connectivity index (χ0) is 16.8. The average Bonchev–Trinajstić information content (AvgIpc) is 2.47. The molecular formula is C18H27N5.